The quantitative estimate of drug-likeness (QED) is 0.890. The predicted octanol–water partition coefficient (Wildman–Crippen LogP) is 2.51. The highest BCUT2D eigenvalue weighted by Gasteiger charge is 2.13. The first-order valence-corrected chi connectivity index (χ1v) is 6.98. The van der Waals surface area contributed by atoms with Crippen LogP contribution < -0.4 is 15.4 Å². The Labute approximate surface area is 133 Å². The number of halogens is 1. The second kappa shape index (κ2) is 7.40. The van der Waals surface area contributed by atoms with E-state index in [1.54, 1.807) is 37.3 Å². The third kappa shape index (κ3) is 4.29. The first-order chi connectivity index (χ1) is 11.0. The van der Waals surface area contributed by atoms with Crippen LogP contribution in [0.15, 0.2) is 42.5 Å². The lowest BCUT2D eigenvalue weighted by Gasteiger charge is -2.11. The van der Waals surface area contributed by atoms with Gasteiger partial charge in [0.05, 0.1) is 19.2 Å². The first-order valence-electron chi connectivity index (χ1n) is 6.98. The first kappa shape index (κ1) is 16.5. The molecule has 0 saturated carbocycles. The number of rotatable bonds is 5. The van der Waals surface area contributed by atoms with Gasteiger partial charge in [-0.1, -0.05) is 18.2 Å². The number of aryl methyl sites for hydroxylation is 1. The molecule has 0 unspecified atom stereocenters. The molecule has 0 aromatic heterocycles. The summed E-state index contributed by atoms with van der Waals surface area (Å²) in [6.07, 6.45) is 0. The summed E-state index contributed by atoms with van der Waals surface area (Å²) < 4.78 is 18.3. The van der Waals surface area contributed by atoms with Gasteiger partial charge in [-0.15, -0.1) is 0 Å². The molecular formula is C17H17FN2O3. The van der Waals surface area contributed by atoms with Crippen LogP contribution in [0.2, 0.25) is 0 Å². The number of hydrogen-bond acceptors (Lipinski definition) is 3. The Morgan fingerprint density at radius 2 is 1.91 bits per heavy atom. The minimum atomic E-state index is -0.443. The van der Waals surface area contributed by atoms with Gasteiger partial charge in [-0.25, -0.2) is 4.39 Å². The van der Waals surface area contributed by atoms with Gasteiger partial charge >= 0.3 is 0 Å². The number of carbonyl (C=O) groups excluding carboxylic acids is 2. The van der Waals surface area contributed by atoms with Crippen LogP contribution in [0.1, 0.15) is 15.9 Å². The highest BCUT2D eigenvalue weighted by atomic mass is 19.1. The average Bonchev–Trinajstić information content (AvgIpc) is 2.56. The maximum Gasteiger partial charge on any atom is 0.255 e. The minimum Gasteiger partial charge on any atom is -0.496 e. The van der Waals surface area contributed by atoms with Crippen LogP contribution in [-0.2, 0) is 4.79 Å². The Morgan fingerprint density at radius 1 is 1.17 bits per heavy atom. The Bertz CT molecular complexity index is 732. The Balaban J connectivity index is 1.96. The van der Waals surface area contributed by atoms with Gasteiger partial charge in [-0.2, -0.15) is 0 Å². The van der Waals surface area contributed by atoms with E-state index in [9.17, 15) is 14.0 Å². The van der Waals surface area contributed by atoms with E-state index in [1.807, 2.05) is 0 Å². The zero-order chi connectivity index (χ0) is 16.8. The number of amides is 2. The molecule has 0 radical (unpaired) electrons. The van der Waals surface area contributed by atoms with Crippen molar-refractivity contribution in [1.82, 2.24) is 5.32 Å². The summed E-state index contributed by atoms with van der Waals surface area (Å²) in [6.45, 7) is 1.52. The van der Waals surface area contributed by atoms with Crippen molar-refractivity contribution in [3.8, 4) is 5.75 Å². The molecular weight excluding hydrogens is 299 g/mol. The number of methoxy groups -OCH3 is 1. The smallest absolute Gasteiger partial charge is 0.255 e. The molecule has 0 atom stereocenters. The van der Waals surface area contributed by atoms with Crippen molar-refractivity contribution >= 4 is 17.5 Å². The molecule has 0 aliphatic carbocycles. The second-order valence-electron chi connectivity index (χ2n) is 4.89. The molecule has 2 N–H and O–H groups in total. The maximum atomic E-state index is 13.2. The molecule has 0 saturated heterocycles. The third-order valence-electron chi connectivity index (χ3n) is 3.23. The van der Waals surface area contributed by atoms with Crippen molar-refractivity contribution in [3.05, 3.63) is 59.4 Å². The van der Waals surface area contributed by atoms with E-state index in [0.717, 1.165) is 5.56 Å². The van der Waals surface area contributed by atoms with Crippen molar-refractivity contribution in [2.75, 3.05) is 19.0 Å². The van der Waals surface area contributed by atoms with Crippen molar-refractivity contribution in [2.24, 2.45) is 0 Å². The highest BCUT2D eigenvalue weighted by Crippen LogP contribution is 2.17. The van der Waals surface area contributed by atoms with Gasteiger partial charge < -0.3 is 15.4 Å². The number of anilines is 1. The molecule has 0 aliphatic heterocycles. The number of hydrogen-bond donors (Lipinski definition) is 2. The van der Waals surface area contributed by atoms with E-state index in [0.29, 0.717) is 17.0 Å². The number of para-hydroxylation sites is 1. The summed E-state index contributed by atoms with van der Waals surface area (Å²) in [5.41, 5.74) is 1.45. The molecule has 0 fully saturated rings. The SMILES string of the molecule is COc1ccccc1C(=O)NCC(=O)Nc1cc(F)ccc1C. The maximum absolute atomic E-state index is 13.2. The molecule has 120 valence electrons. The third-order valence-corrected chi connectivity index (χ3v) is 3.23. The van der Waals surface area contributed by atoms with E-state index in [-0.39, 0.29) is 6.54 Å². The fourth-order valence-corrected chi connectivity index (χ4v) is 2.01. The summed E-state index contributed by atoms with van der Waals surface area (Å²) in [5.74, 6) is -0.883. The van der Waals surface area contributed by atoms with Crippen molar-refractivity contribution in [1.29, 1.82) is 0 Å². The van der Waals surface area contributed by atoms with Crippen LogP contribution >= 0.6 is 0 Å². The van der Waals surface area contributed by atoms with Gasteiger partial charge in [0.1, 0.15) is 11.6 Å². The van der Waals surface area contributed by atoms with Gasteiger partial charge in [0, 0.05) is 5.69 Å². The topological polar surface area (TPSA) is 67.4 Å². The van der Waals surface area contributed by atoms with E-state index >= 15 is 0 Å². The molecule has 0 aliphatic rings. The van der Waals surface area contributed by atoms with Crippen molar-refractivity contribution in [2.45, 2.75) is 6.92 Å². The molecule has 5 nitrogen and oxygen atoms in total. The largest absolute Gasteiger partial charge is 0.496 e. The fourth-order valence-electron chi connectivity index (χ4n) is 2.01. The van der Waals surface area contributed by atoms with E-state index in [1.165, 1.54) is 19.2 Å². The van der Waals surface area contributed by atoms with Crippen LogP contribution in [0.5, 0.6) is 5.75 Å². The van der Waals surface area contributed by atoms with Crippen molar-refractivity contribution in [3.63, 3.8) is 0 Å². The monoisotopic (exact) mass is 316 g/mol. The van der Waals surface area contributed by atoms with Gasteiger partial charge in [-0.3, -0.25) is 9.59 Å². The lowest BCUT2D eigenvalue weighted by atomic mass is 10.2. The van der Waals surface area contributed by atoms with Crippen LogP contribution in [0, 0.1) is 12.7 Å². The van der Waals surface area contributed by atoms with Crippen molar-refractivity contribution < 1.29 is 18.7 Å². The number of ether oxygens (including phenoxy) is 1. The summed E-state index contributed by atoms with van der Waals surface area (Å²) >= 11 is 0. The number of carbonyl (C=O) groups is 2. The zero-order valence-corrected chi connectivity index (χ0v) is 12.9. The van der Waals surface area contributed by atoms with E-state index in [4.69, 9.17) is 4.74 Å². The standard InChI is InChI=1S/C17H17FN2O3/c1-11-7-8-12(18)9-14(11)20-16(21)10-19-17(22)13-5-3-4-6-15(13)23-2/h3-9H,10H2,1-2H3,(H,19,22)(H,20,21). The highest BCUT2D eigenvalue weighted by molar-refractivity contribution is 6.01. The summed E-state index contributed by atoms with van der Waals surface area (Å²) in [7, 11) is 1.46. The van der Waals surface area contributed by atoms with Gasteiger partial charge in [0.2, 0.25) is 5.91 Å². The molecule has 2 rings (SSSR count). The van der Waals surface area contributed by atoms with Crippen LogP contribution in [-0.4, -0.2) is 25.5 Å². The number of nitrogens with one attached hydrogen (secondary N) is 2. The normalized spacial score (nSPS) is 10.0. The number of benzene rings is 2. The molecule has 0 spiro atoms. The molecule has 0 heterocycles. The second-order valence-corrected chi connectivity index (χ2v) is 4.89. The summed E-state index contributed by atoms with van der Waals surface area (Å²) in [4.78, 5) is 24.0. The van der Waals surface area contributed by atoms with Crippen LogP contribution in [0.4, 0.5) is 10.1 Å². The van der Waals surface area contributed by atoms with Gasteiger partial charge in [0.25, 0.3) is 5.91 Å². The molecule has 2 amide bonds. The summed E-state index contributed by atoms with van der Waals surface area (Å²) in [6, 6.07) is 10.8. The molecule has 2 aromatic rings. The van der Waals surface area contributed by atoms with Crippen LogP contribution in [0.3, 0.4) is 0 Å². The van der Waals surface area contributed by atoms with Gasteiger partial charge in [-0.05, 0) is 36.8 Å². The summed E-state index contributed by atoms with van der Waals surface area (Å²) in [5, 5.41) is 5.06. The Hall–Kier alpha value is -2.89. The Morgan fingerprint density at radius 3 is 2.65 bits per heavy atom. The lowest BCUT2D eigenvalue weighted by Crippen LogP contribution is -2.33. The zero-order valence-electron chi connectivity index (χ0n) is 12.9. The lowest BCUT2D eigenvalue weighted by molar-refractivity contribution is -0.115. The predicted molar refractivity (Wildman–Crippen MR) is 85.1 cm³/mol. The minimum absolute atomic E-state index is 0.229. The fraction of sp³-hybridized carbons (Fsp3) is 0.176. The van der Waals surface area contributed by atoms with E-state index < -0.39 is 17.6 Å². The molecule has 0 bridgehead atoms. The average molecular weight is 316 g/mol. The van der Waals surface area contributed by atoms with E-state index in [2.05, 4.69) is 10.6 Å². The van der Waals surface area contributed by atoms with Crippen LogP contribution in [0.25, 0.3) is 0 Å². The van der Waals surface area contributed by atoms with Gasteiger partial charge in [0.15, 0.2) is 0 Å². The molecule has 23 heavy (non-hydrogen) atoms. The molecule has 6 heteroatoms. The Kier molecular flexibility index (Phi) is 5.30. The molecule has 2 aromatic carbocycles.